The van der Waals surface area contributed by atoms with Crippen molar-refractivity contribution in [3.05, 3.63) is 12.2 Å². The molecule has 0 saturated heterocycles. The van der Waals surface area contributed by atoms with Gasteiger partial charge in [0.2, 0.25) is 0 Å². The Morgan fingerprint density at radius 1 is 1.46 bits per heavy atom. The summed E-state index contributed by atoms with van der Waals surface area (Å²) in [6.45, 7) is 4.76. The lowest BCUT2D eigenvalue weighted by molar-refractivity contribution is -0.143. The summed E-state index contributed by atoms with van der Waals surface area (Å²) >= 11 is 0. The van der Waals surface area contributed by atoms with Gasteiger partial charge in [-0.2, -0.15) is 0 Å². The van der Waals surface area contributed by atoms with Crippen molar-refractivity contribution in [2.24, 2.45) is 0 Å². The Balaban J connectivity index is 3.72. The fraction of sp³-hybridized carbons (Fsp3) is 0.700. The number of carbonyl (C=O) groups excluding carboxylic acids is 1. The summed E-state index contributed by atoms with van der Waals surface area (Å²) in [5, 5.41) is 3.09. The molecule has 0 spiro atoms. The molecule has 3 heteroatoms. The Morgan fingerprint density at radius 3 is 2.62 bits per heavy atom. The summed E-state index contributed by atoms with van der Waals surface area (Å²) < 4.78 is 4.63. The number of allylic oxidation sites excluding steroid dienone is 1. The van der Waals surface area contributed by atoms with Gasteiger partial charge in [-0.05, 0) is 12.8 Å². The van der Waals surface area contributed by atoms with Crippen molar-refractivity contribution in [1.29, 1.82) is 0 Å². The molecule has 1 atom stereocenters. The molecular formula is C10H19NO2. The Morgan fingerprint density at radius 2 is 2.15 bits per heavy atom. The second-order valence-electron chi connectivity index (χ2n) is 2.77. The molecule has 1 N–H and O–H groups in total. The van der Waals surface area contributed by atoms with Gasteiger partial charge in [0.25, 0.3) is 0 Å². The lowest BCUT2D eigenvalue weighted by atomic mass is 10.2. The van der Waals surface area contributed by atoms with Crippen molar-refractivity contribution in [2.45, 2.75) is 32.7 Å². The molecule has 3 nitrogen and oxygen atoms in total. The maximum atomic E-state index is 11.1. The number of carbonyl (C=O) groups is 1. The molecule has 0 aliphatic heterocycles. The number of hydrogen-bond donors (Lipinski definition) is 1. The molecule has 76 valence electrons. The van der Waals surface area contributed by atoms with Gasteiger partial charge in [-0.1, -0.05) is 26.0 Å². The van der Waals surface area contributed by atoms with Gasteiger partial charge in [-0.25, -0.2) is 0 Å². The van der Waals surface area contributed by atoms with Crippen molar-refractivity contribution < 1.29 is 9.53 Å². The average Bonchev–Trinajstić information content (AvgIpc) is 2.17. The van der Waals surface area contributed by atoms with E-state index < -0.39 is 0 Å². The molecule has 0 heterocycles. The quantitative estimate of drug-likeness (QED) is 0.503. The molecule has 0 aromatic heterocycles. The van der Waals surface area contributed by atoms with Crippen molar-refractivity contribution in [3.63, 3.8) is 0 Å². The van der Waals surface area contributed by atoms with Crippen LogP contribution in [-0.4, -0.2) is 25.7 Å². The number of ether oxygens (including phenoxy) is 1. The lowest BCUT2D eigenvalue weighted by Crippen LogP contribution is -2.37. The predicted molar refractivity (Wildman–Crippen MR) is 53.5 cm³/mol. The van der Waals surface area contributed by atoms with Crippen LogP contribution in [0.5, 0.6) is 0 Å². The van der Waals surface area contributed by atoms with Gasteiger partial charge in [-0.3, -0.25) is 4.79 Å². The summed E-state index contributed by atoms with van der Waals surface area (Å²) in [7, 11) is 1.41. The molecule has 0 amide bonds. The molecule has 0 aromatic rings. The van der Waals surface area contributed by atoms with Crippen LogP contribution in [-0.2, 0) is 9.53 Å². The zero-order valence-corrected chi connectivity index (χ0v) is 8.67. The van der Waals surface area contributed by atoms with Crippen molar-refractivity contribution >= 4 is 5.97 Å². The molecular weight excluding hydrogens is 166 g/mol. The second kappa shape index (κ2) is 7.80. The maximum Gasteiger partial charge on any atom is 0.322 e. The van der Waals surface area contributed by atoms with E-state index in [2.05, 4.69) is 23.1 Å². The minimum Gasteiger partial charge on any atom is -0.468 e. The topological polar surface area (TPSA) is 38.3 Å². The van der Waals surface area contributed by atoms with Crippen molar-refractivity contribution in [1.82, 2.24) is 5.32 Å². The zero-order valence-electron chi connectivity index (χ0n) is 8.67. The van der Waals surface area contributed by atoms with Gasteiger partial charge in [0.05, 0.1) is 7.11 Å². The number of hydrogen-bond acceptors (Lipinski definition) is 3. The molecule has 1 unspecified atom stereocenters. The monoisotopic (exact) mass is 185 g/mol. The fourth-order valence-electron chi connectivity index (χ4n) is 0.997. The van der Waals surface area contributed by atoms with Crippen LogP contribution in [0.15, 0.2) is 12.2 Å². The predicted octanol–water partition coefficient (Wildman–Crippen LogP) is 1.49. The van der Waals surface area contributed by atoms with Crippen LogP contribution in [0, 0.1) is 0 Å². The Labute approximate surface area is 80.2 Å². The molecule has 0 fully saturated rings. The van der Waals surface area contributed by atoms with E-state index in [1.165, 1.54) is 7.11 Å². The molecule has 0 rings (SSSR count). The summed E-state index contributed by atoms with van der Waals surface area (Å²) in [6.07, 6.45) is 5.87. The van der Waals surface area contributed by atoms with Crippen LogP contribution in [0.2, 0.25) is 0 Å². The van der Waals surface area contributed by atoms with E-state index in [9.17, 15) is 4.79 Å². The van der Waals surface area contributed by atoms with E-state index in [0.29, 0.717) is 0 Å². The fourth-order valence-corrected chi connectivity index (χ4v) is 0.997. The molecule has 0 bridgehead atoms. The molecule has 0 aromatic carbocycles. The van der Waals surface area contributed by atoms with E-state index in [0.717, 1.165) is 19.4 Å². The van der Waals surface area contributed by atoms with Crippen LogP contribution < -0.4 is 5.32 Å². The molecule has 0 aliphatic rings. The highest BCUT2D eigenvalue weighted by atomic mass is 16.5. The third-order valence-electron chi connectivity index (χ3n) is 1.78. The highest BCUT2D eigenvalue weighted by molar-refractivity contribution is 5.75. The van der Waals surface area contributed by atoms with Crippen molar-refractivity contribution in [3.8, 4) is 0 Å². The Kier molecular flexibility index (Phi) is 7.30. The summed E-state index contributed by atoms with van der Waals surface area (Å²) in [4.78, 5) is 11.1. The van der Waals surface area contributed by atoms with Crippen LogP contribution in [0.25, 0.3) is 0 Å². The van der Waals surface area contributed by atoms with Gasteiger partial charge >= 0.3 is 5.97 Å². The highest BCUT2D eigenvalue weighted by Gasteiger charge is 2.14. The van der Waals surface area contributed by atoms with Crippen LogP contribution in [0.4, 0.5) is 0 Å². The molecule has 13 heavy (non-hydrogen) atoms. The van der Waals surface area contributed by atoms with Gasteiger partial charge < -0.3 is 10.1 Å². The average molecular weight is 185 g/mol. The van der Waals surface area contributed by atoms with Crippen LogP contribution >= 0.6 is 0 Å². The third-order valence-corrected chi connectivity index (χ3v) is 1.78. The number of nitrogens with one attached hydrogen (secondary N) is 1. The number of esters is 1. The Bertz CT molecular complexity index is 166. The SMILES string of the molecule is CCC=CCNC(CC)C(=O)OC. The molecule has 0 aliphatic carbocycles. The first-order valence-electron chi connectivity index (χ1n) is 4.72. The van der Waals surface area contributed by atoms with Gasteiger partial charge in [0.15, 0.2) is 0 Å². The lowest BCUT2D eigenvalue weighted by Gasteiger charge is -2.12. The Hall–Kier alpha value is -0.830. The molecule has 0 saturated carbocycles. The largest absolute Gasteiger partial charge is 0.468 e. The minimum atomic E-state index is -0.188. The minimum absolute atomic E-state index is 0.175. The first-order chi connectivity index (χ1) is 6.26. The summed E-state index contributed by atoms with van der Waals surface area (Å²) in [5.74, 6) is -0.188. The number of rotatable bonds is 6. The maximum absolute atomic E-state index is 11.1. The smallest absolute Gasteiger partial charge is 0.322 e. The highest BCUT2D eigenvalue weighted by Crippen LogP contribution is 1.93. The second-order valence-corrected chi connectivity index (χ2v) is 2.77. The van der Waals surface area contributed by atoms with E-state index >= 15 is 0 Å². The number of methoxy groups -OCH3 is 1. The van der Waals surface area contributed by atoms with Crippen molar-refractivity contribution in [2.75, 3.05) is 13.7 Å². The van der Waals surface area contributed by atoms with E-state index in [4.69, 9.17) is 0 Å². The molecule has 0 radical (unpaired) electrons. The summed E-state index contributed by atoms with van der Waals surface area (Å²) in [5.41, 5.74) is 0. The van der Waals surface area contributed by atoms with Gasteiger partial charge in [-0.15, -0.1) is 0 Å². The summed E-state index contributed by atoms with van der Waals surface area (Å²) in [6, 6.07) is -0.175. The van der Waals surface area contributed by atoms with E-state index in [-0.39, 0.29) is 12.0 Å². The zero-order chi connectivity index (χ0) is 10.1. The first-order valence-corrected chi connectivity index (χ1v) is 4.72. The van der Waals surface area contributed by atoms with Gasteiger partial charge in [0.1, 0.15) is 6.04 Å². The normalized spacial score (nSPS) is 13.2. The van der Waals surface area contributed by atoms with Crippen LogP contribution in [0.3, 0.4) is 0 Å². The van der Waals surface area contributed by atoms with E-state index in [1.807, 2.05) is 13.0 Å². The first kappa shape index (κ1) is 12.2. The standard InChI is InChI=1S/C10H19NO2/c1-4-6-7-8-11-9(5-2)10(12)13-3/h6-7,9,11H,4-5,8H2,1-3H3. The third kappa shape index (κ3) is 5.42. The van der Waals surface area contributed by atoms with E-state index in [1.54, 1.807) is 0 Å². The van der Waals surface area contributed by atoms with Gasteiger partial charge in [0, 0.05) is 6.54 Å². The van der Waals surface area contributed by atoms with Crippen LogP contribution in [0.1, 0.15) is 26.7 Å².